The van der Waals surface area contributed by atoms with Crippen LogP contribution in [0.25, 0.3) is 5.69 Å². The largest absolute Gasteiger partial charge is 0.506 e. The van der Waals surface area contributed by atoms with E-state index >= 15 is 0 Å². The summed E-state index contributed by atoms with van der Waals surface area (Å²) in [6.45, 7) is 1.99. The molecule has 1 aliphatic heterocycles. The van der Waals surface area contributed by atoms with Gasteiger partial charge in [0, 0.05) is 5.56 Å². The summed E-state index contributed by atoms with van der Waals surface area (Å²) in [5.74, 6) is 0.929. The molecule has 0 amide bonds. The quantitative estimate of drug-likeness (QED) is 0.694. The van der Waals surface area contributed by atoms with Crippen LogP contribution < -0.4 is 0 Å². The van der Waals surface area contributed by atoms with E-state index in [0.717, 1.165) is 27.7 Å². The van der Waals surface area contributed by atoms with Crippen LogP contribution in [0.1, 0.15) is 23.3 Å². The third-order valence-corrected chi connectivity index (χ3v) is 5.38. The van der Waals surface area contributed by atoms with Gasteiger partial charge in [-0.3, -0.25) is 0 Å². The number of fused-ring (bicyclic) bond motifs is 1. The highest BCUT2D eigenvalue weighted by molar-refractivity contribution is 8.14. The smallest absolute Gasteiger partial charge is 0.161 e. The van der Waals surface area contributed by atoms with Gasteiger partial charge in [0.15, 0.2) is 5.82 Å². The molecule has 0 saturated heterocycles. The molecule has 0 aliphatic carbocycles. The standard InChI is InChI=1S/C18H14ClN3OS/c1-11-21-18-14(10-20-22(18)13-5-3-2-4-6-13)17(24-11)12-7-8-16(23)15(19)9-12/h2-10,17,23H,1H3/t17-/m1/s1. The first-order chi connectivity index (χ1) is 11.6. The first-order valence-electron chi connectivity index (χ1n) is 7.47. The monoisotopic (exact) mass is 355 g/mol. The zero-order valence-corrected chi connectivity index (χ0v) is 14.4. The molecule has 1 atom stereocenters. The minimum Gasteiger partial charge on any atom is -0.506 e. The summed E-state index contributed by atoms with van der Waals surface area (Å²) in [5.41, 5.74) is 3.03. The van der Waals surface area contributed by atoms with Crippen molar-refractivity contribution in [2.75, 3.05) is 0 Å². The van der Waals surface area contributed by atoms with Crippen LogP contribution in [0.2, 0.25) is 5.02 Å². The number of para-hydroxylation sites is 1. The summed E-state index contributed by atoms with van der Waals surface area (Å²) < 4.78 is 1.85. The van der Waals surface area contributed by atoms with Gasteiger partial charge in [-0.1, -0.05) is 47.6 Å². The molecule has 2 heterocycles. The van der Waals surface area contributed by atoms with Crippen molar-refractivity contribution in [2.24, 2.45) is 4.99 Å². The van der Waals surface area contributed by atoms with Crippen molar-refractivity contribution in [3.8, 4) is 11.4 Å². The van der Waals surface area contributed by atoms with Gasteiger partial charge in [-0.05, 0) is 36.8 Å². The Hall–Kier alpha value is -2.24. The lowest BCUT2D eigenvalue weighted by Gasteiger charge is -2.21. The lowest BCUT2D eigenvalue weighted by molar-refractivity contribution is 0.475. The molecule has 0 spiro atoms. The number of aromatic hydroxyl groups is 1. The Bertz CT molecular complexity index is 937. The number of nitrogens with zero attached hydrogens (tertiary/aromatic N) is 3. The number of phenolic OH excluding ortho intramolecular Hbond substituents is 1. The van der Waals surface area contributed by atoms with Crippen molar-refractivity contribution in [1.29, 1.82) is 0 Å². The molecular weight excluding hydrogens is 342 g/mol. The van der Waals surface area contributed by atoms with Crippen LogP contribution in [-0.2, 0) is 0 Å². The highest BCUT2D eigenvalue weighted by Crippen LogP contribution is 2.46. The minimum absolute atomic E-state index is 0.0491. The maximum Gasteiger partial charge on any atom is 0.161 e. The molecule has 0 fully saturated rings. The third kappa shape index (κ3) is 2.60. The summed E-state index contributed by atoms with van der Waals surface area (Å²) >= 11 is 7.75. The Kier molecular flexibility index (Phi) is 3.82. The number of rotatable bonds is 2. The highest BCUT2D eigenvalue weighted by Gasteiger charge is 2.28. The van der Waals surface area contributed by atoms with E-state index in [1.807, 2.05) is 54.2 Å². The Morgan fingerprint density at radius 2 is 1.96 bits per heavy atom. The van der Waals surface area contributed by atoms with Gasteiger partial charge < -0.3 is 5.11 Å². The molecule has 1 aliphatic rings. The second-order valence-electron chi connectivity index (χ2n) is 5.51. The molecule has 0 unspecified atom stereocenters. The Morgan fingerprint density at radius 1 is 1.17 bits per heavy atom. The summed E-state index contributed by atoms with van der Waals surface area (Å²) in [4.78, 5) is 4.70. The number of aliphatic imine (C=N–C) groups is 1. The van der Waals surface area contributed by atoms with Crippen molar-refractivity contribution in [1.82, 2.24) is 9.78 Å². The number of thioether (sulfide) groups is 1. The van der Waals surface area contributed by atoms with Gasteiger partial charge in [-0.2, -0.15) is 5.10 Å². The van der Waals surface area contributed by atoms with E-state index in [0.29, 0.717) is 5.02 Å². The lowest BCUT2D eigenvalue weighted by Crippen LogP contribution is -2.05. The Balaban J connectivity index is 1.84. The summed E-state index contributed by atoms with van der Waals surface area (Å²) in [6, 6.07) is 15.3. The van der Waals surface area contributed by atoms with Crippen LogP contribution in [0.5, 0.6) is 5.75 Å². The number of benzene rings is 2. The Morgan fingerprint density at radius 3 is 2.71 bits per heavy atom. The molecular formula is C18H14ClN3OS. The first kappa shape index (κ1) is 15.3. The first-order valence-corrected chi connectivity index (χ1v) is 8.73. The SMILES string of the molecule is CC1=Nc2c(cnn2-c2ccccc2)[C@@H](c2ccc(O)c(Cl)c2)S1. The van der Waals surface area contributed by atoms with Crippen LogP contribution >= 0.6 is 23.4 Å². The van der Waals surface area contributed by atoms with Crippen molar-refractivity contribution in [3.05, 3.63) is 70.9 Å². The van der Waals surface area contributed by atoms with Crippen molar-refractivity contribution >= 4 is 34.2 Å². The van der Waals surface area contributed by atoms with Crippen LogP contribution in [0, 0.1) is 0 Å². The van der Waals surface area contributed by atoms with E-state index in [9.17, 15) is 5.11 Å². The number of phenols is 1. The fraction of sp³-hybridized carbons (Fsp3) is 0.111. The van der Waals surface area contributed by atoms with E-state index in [2.05, 4.69) is 5.10 Å². The fourth-order valence-electron chi connectivity index (χ4n) is 2.75. The van der Waals surface area contributed by atoms with E-state index in [-0.39, 0.29) is 11.0 Å². The molecule has 24 heavy (non-hydrogen) atoms. The number of hydrogen-bond acceptors (Lipinski definition) is 4. The second-order valence-corrected chi connectivity index (χ2v) is 7.22. The molecule has 4 rings (SSSR count). The Labute approximate surface area is 148 Å². The van der Waals surface area contributed by atoms with Crippen molar-refractivity contribution in [3.63, 3.8) is 0 Å². The summed E-state index contributed by atoms with van der Waals surface area (Å²) in [6.07, 6.45) is 1.86. The average Bonchev–Trinajstić information content (AvgIpc) is 3.01. The zero-order valence-electron chi connectivity index (χ0n) is 12.8. The number of hydrogen-bond donors (Lipinski definition) is 1. The van der Waals surface area contributed by atoms with Gasteiger partial charge in [0.1, 0.15) is 5.75 Å². The predicted molar refractivity (Wildman–Crippen MR) is 98.9 cm³/mol. The normalized spacial score (nSPS) is 16.6. The number of aromatic nitrogens is 2. The topological polar surface area (TPSA) is 50.4 Å². The van der Waals surface area contributed by atoms with Gasteiger partial charge in [-0.25, -0.2) is 9.67 Å². The van der Waals surface area contributed by atoms with Crippen LogP contribution in [-0.4, -0.2) is 19.9 Å². The van der Waals surface area contributed by atoms with Crippen LogP contribution in [0.4, 0.5) is 5.82 Å². The molecule has 2 aromatic carbocycles. The maximum absolute atomic E-state index is 9.66. The summed E-state index contributed by atoms with van der Waals surface area (Å²) in [7, 11) is 0. The molecule has 3 aromatic rings. The lowest BCUT2D eigenvalue weighted by atomic mass is 10.1. The molecule has 6 heteroatoms. The molecule has 120 valence electrons. The number of halogens is 1. The highest BCUT2D eigenvalue weighted by atomic mass is 35.5. The van der Waals surface area contributed by atoms with E-state index in [4.69, 9.17) is 16.6 Å². The predicted octanol–water partition coefficient (Wildman–Crippen LogP) is 5.12. The van der Waals surface area contributed by atoms with Crippen molar-refractivity contribution < 1.29 is 5.11 Å². The van der Waals surface area contributed by atoms with Crippen LogP contribution in [0.3, 0.4) is 0 Å². The molecule has 0 bridgehead atoms. The van der Waals surface area contributed by atoms with Gasteiger partial charge in [-0.15, -0.1) is 0 Å². The van der Waals surface area contributed by atoms with E-state index in [1.165, 1.54) is 0 Å². The minimum atomic E-state index is 0.0491. The van der Waals surface area contributed by atoms with Gasteiger partial charge in [0.2, 0.25) is 0 Å². The zero-order chi connectivity index (χ0) is 16.7. The molecule has 0 saturated carbocycles. The van der Waals surface area contributed by atoms with Crippen LogP contribution in [0.15, 0.2) is 59.7 Å². The molecule has 1 aromatic heterocycles. The molecule has 4 nitrogen and oxygen atoms in total. The van der Waals surface area contributed by atoms with E-state index < -0.39 is 0 Å². The third-order valence-electron chi connectivity index (χ3n) is 3.88. The summed E-state index contributed by atoms with van der Waals surface area (Å²) in [5, 5.41) is 15.6. The van der Waals surface area contributed by atoms with E-state index in [1.54, 1.807) is 23.9 Å². The van der Waals surface area contributed by atoms with Crippen molar-refractivity contribution in [2.45, 2.75) is 12.2 Å². The van der Waals surface area contributed by atoms with Gasteiger partial charge in [0.05, 0.1) is 27.2 Å². The maximum atomic E-state index is 9.66. The fourth-order valence-corrected chi connectivity index (χ4v) is 4.00. The second kappa shape index (κ2) is 6.00. The van der Waals surface area contributed by atoms with Gasteiger partial charge >= 0.3 is 0 Å². The average molecular weight is 356 g/mol. The molecule has 0 radical (unpaired) electrons. The van der Waals surface area contributed by atoms with Gasteiger partial charge in [0.25, 0.3) is 0 Å². The molecule has 1 N–H and O–H groups in total.